The molecule has 0 atom stereocenters. The van der Waals surface area contributed by atoms with E-state index in [9.17, 15) is 0 Å². The van der Waals surface area contributed by atoms with Gasteiger partial charge >= 0.3 is 0 Å². The molecule has 0 aromatic carbocycles. The molecule has 1 fully saturated rings. The molecule has 18 heavy (non-hydrogen) atoms. The highest BCUT2D eigenvalue weighted by Crippen LogP contribution is 2.26. The maximum absolute atomic E-state index is 4.46. The van der Waals surface area contributed by atoms with Gasteiger partial charge in [-0.1, -0.05) is 0 Å². The summed E-state index contributed by atoms with van der Waals surface area (Å²) in [7, 11) is 0. The molecule has 2 aromatic rings. The first-order valence-corrected chi connectivity index (χ1v) is 6.76. The fourth-order valence-corrected chi connectivity index (χ4v) is 2.84. The molecule has 0 bridgehead atoms. The van der Waals surface area contributed by atoms with E-state index in [0.29, 0.717) is 12.1 Å². The zero-order valence-electron chi connectivity index (χ0n) is 11.1. The van der Waals surface area contributed by atoms with Gasteiger partial charge in [-0.3, -0.25) is 4.98 Å². The lowest BCUT2D eigenvalue weighted by molar-refractivity contribution is 0.153. The molecule has 0 amide bonds. The summed E-state index contributed by atoms with van der Waals surface area (Å²) in [5.74, 6) is 0. The Bertz CT molecular complexity index is 523. The SMILES string of the molecule is CC(C)N1CCC(n2cnc3ccncc32)CC1. The van der Waals surface area contributed by atoms with Gasteiger partial charge in [0.05, 0.1) is 23.6 Å². The first-order chi connectivity index (χ1) is 8.75. The van der Waals surface area contributed by atoms with Gasteiger partial charge in [0, 0.05) is 31.4 Å². The van der Waals surface area contributed by atoms with Crippen molar-refractivity contribution in [3.63, 3.8) is 0 Å². The number of hydrogen-bond acceptors (Lipinski definition) is 3. The zero-order chi connectivity index (χ0) is 12.5. The monoisotopic (exact) mass is 244 g/mol. The van der Waals surface area contributed by atoms with Crippen LogP contribution < -0.4 is 0 Å². The van der Waals surface area contributed by atoms with Crippen LogP contribution in [0.5, 0.6) is 0 Å². The number of hydrogen-bond donors (Lipinski definition) is 0. The van der Waals surface area contributed by atoms with E-state index < -0.39 is 0 Å². The van der Waals surface area contributed by atoms with Gasteiger partial charge in [-0.2, -0.15) is 0 Å². The largest absolute Gasteiger partial charge is 0.326 e. The van der Waals surface area contributed by atoms with Crippen LogP contribution in [0.15, 0.2) is 24.8 Å². The predicted molar refractivity (Wildman–Crippen MR) is 72.5 cm³/mol. The quantitative estimate of drug-likeness (QED) is 0.814. The molecule has 3 heterocycles. The molecule has 1 aliphatic rings. The zero-order valence-corrected chi connectivity index (χ0v) is 11.1. The Kier molecular flexibility index (Phi) is 3.04. The molecule has 3 rings (SSSR count). The topological polar surface area (TPSA) is 34.0 Å². The van der Waals surface area contributed by atoms with Crippen LogP contribution in [0.25, 0.3) is 11.0 Å². The standard InChI is InChI=1S/C14H20N4/c1-11(2)17-7-4-12(5-8-17)18-10-16-13-3-6-15-9-14(13)18/h3,6,9-12H,4-5,7-8H2,1-2H3. The fraction of sp³-hybridized carbons (Fsp3) is 0.571. The van der Waals surface area contributed by atoms with Crippen LogP contribution in [0, 0.1) is 0 Å². The van der Waals surface area contributed by atoms with Crippen LogP contribution in [0.1, 0.15) is 32.7 Å². The molecular weight excluding hydrogens is 224 g/mol. The average molecular weight is 244 g/mol. The third-order valence-electron chi connectivity index (χ3n) is 4.00. The normalized spacial score (nSPS) is 18.8. The maximum atomic E-state index is 4.46. The second-order valence-electron chi connectivity index (χ2n) is 5.38. The van der Waals surface area contributed by atoms with Crippen molar-refractivity contribution in [2.24, 2.45) is 0 Å². The van der Waals surface area contributed by atoms with E-state index in [4.69, 9.17) is 0 Å². The van der Waals surface area contributed by atoms with Crippen molar-refractivity contribution in [1.82, 2.24) is 19.4 Å². The van der Waals surface area contributed by atoms with E-state index in [2.05, 4.69) is 33.3 Å². The minimum absolute atomic E-state index is 0.578. The van der Waals surface area contributed by atoms with Gasteiger partial charge in [-0.15, -0.1) is 0 Å². The lowest BCUT2D eigenvalue weighted by atomic mass is 10.0. The second-order valence-corrected chi connectivity index (χ2v) is 5.38. The molecule has 0 aliphatic carbocycles. The molecule has 1 saturated heterocycles. The summed E-state index contributed by atoms with van der Waals surface area (Å²) in [6.07, 6.45) is 8.12. The Hall–Kier alpha value is -1.42. The van der Waals surface area contributed by atoms with Crippen molar-refractivity contribution in [3.05, 3.63) is 24.8 Å². The summed E-state index contributed by atoms with van der Waals surface area (Å²) in [6, 6.07) is 3.22. The van der Waals surface area contributed by atoms with Crippen LogP contribution >= 0.6 is 0 Å². The van der Waals surface area contributed by atoms with Crippen molar-refractivity contribution in [2.75, 3.05) is 13.1 Å². The highest BCUT2D eigenvalue weighted by Gasteiger charge is 2.22. The lowest BCUT2D eigenvalue weighted by Crippen LogP contribution is -2.38. The summed E-state index contributed by atoms with van der Waals surface area (Å²) in [4.78, 5) is 11.2. The van der Waals surface area contributed by atoms with Crippen molar-refractivity contribution in [3.8, 4) is 0 Å². The summed E-state index contributed by atoms with van der Waals surface area (Å²) < 4.78 is 2.31. The number of pyridine rings is 1. The Labute approximate surface area is 108 Å². The summed E-state index contributed by atoms with van der Waals surface area (Å²) >= 11 is 0. The number of nitrogens with zero attached hydrogens (tertiary/aromatic N) is 4. The van der Waals surface area contributed by atoms with Gasteiger partial charge in [-0.05, 0) is 32.8 Å². The average Bonchev–Trinajstić information content (AvgIpc) is 2.82. The maximum Gasteiger partial charge on any atom is 0.0961 e. The van der Waals surface area contributed by atoms with Crippen LogP contribution in [0.2, 0.25) is 0 Å². The van der Waals surface area contributed by atoms with Crippen LogP contribution in [-0.2, 0) is 0 Å². The van der Waals surface area contributed by atoms with E-state index in [1.165, 1.54) is 31.4 Å². The van der Waals surface area contributed by atoms with Crippen LogP contribution in [0.3, 0.4) is 0 Å². The van der Waals surface area contributed by atoms with E-state index in [0.717, 1.165) is 5.52 Å². The number of aromatic nitrogens is 3. The summed E-state index contributed by atoms with van der Waals surface area (Å²) in [5, 5.41) is 0. The Morgan fingerprint density at radius 1 is 1.28 bits per heavy atom. The molecule has 0 spiro atoms. The second kappa shape index (κ2) is 4.69. The molecule has 0 saturated carbocycles. The number of imidazole rings is 1. The molecule has 2 aromatic heterocycles. The first kappa shape index (κ1) is 11.7. The smallest absolute Gasteiger partial charge is 0.0961 e. The number of piperidine rings is 1. The molecule has 0 N–H and O–H groups in total. The van der Waals surface area contributed by atoms with E-state index in [1.54, 1.807) is 6.20 Å². The van der Waals surface area contributed by atoms with Gasteiger partial charge in [-0.25, -0.2) is 4.98 Å². The molecule has 4 heteroatoms. The molecule has 1 aliphatic heterocycles. The Balaban J connectivity index is 1.80. The third kappa shape index (κ3) is 2.01. The minimum Gasteiger partial charge on any atom is -0.326 e. The van der Waals surface area contributed by atoms with Crippen molar-refractivity contribution >= 4 is 11.0 Å². The molecular formula is C14H20N4. The molecule has 4 nitrogen and oxygen atoms in total. The van der Waals surface area contributed by atoms with E-state index in [1.807, 2.05) is 18.6 Å². The molecule has 0 unspecified atom stereocenters. The molecule has 0 radical (unpaired) electrons. The number of fused-ring (bicyclic) bond motifs is 1. The Morgan fingerprint density at radius 3 is 2.78 bits per heavy atom. The van der Waals surface area contributed by atoms with E-state index in [-0.39, 0.29) is 0 Å². The lowest BCUT2D eigenvalue weighted by Gasteiger charge is -2.35. The molecule has 96 valence electrons. The highest BCUT2D eigenvalue weighted by molar-refractivity contribution is 5.73. The summed E-state index contributed by atoms with van der Waals surface area (Å²) in [6.45, 7) is 6.91. The fourth-order valence-electron chi connectivity index (χ4n) is 2.84. The summed E-state index contributed by atoms with van der Waals surface area (Å²) in [5.41, 5.74) is 2.22. The third-order valence-corrected chi connectivity index (χ3v) is 4.00. The van der Waals surface area contributed by atoms with Gasteiger partial charge in [0.25, 0.3) is 0 Å². The van der Waals surface area contributed by atoms with Gasteiger partial charge in [0.15, 0.2) is 0 Å². The Morgan fingerprint density at radius 2 is 2.06 bits per heavy atom. The van der Waals surface area contributed by atoms with Gasteiger partial charge in [0.1, 0.15) is 0 Å². The van der Waals surface area contributed by atoms with Crippen molar-refractivity contribution < 1.29 is 0 Å². The highest BCUT2D eigenvalue weighted by atomic mass is 15.2. The van der Waals surface area contributed by atoms with Crippen molar-refractivity contribution in [2.45, 2.75) is 38.8 Å². The minimum atomic E-state index is 0.578. The van der Waals surface area contributed by atoms with Crippen LogP contribution in [-0.4, -0.2) is 38.6 Å². The van der Waals surface area contributed by atoms with Gasteiger partial charge in [0.2, 0.25) is 0 Å². The first-order valence-electron chi connectivity index (χ1n) is 6.76. The number of likely N-dealkylation sites (tertiary alicyclic amines) is 1. The van der Waals surface area contributed by atoms with E-state index >= 15 is 0 Å². The van der Waals surface area contributed by atoms with Gasteiger partial charge < -0.3 is 9.47 Å². The van der Waals surface area contributed by atoms with Crippen molar-refractivity contribution in [1.29, 1.82) is 0 Å². The van der Waals surface area contributed by atoms with Crippen LogP contribution in [0.4, 0.5) is 0 Å². The predicted octanol–water partition coefficient (Wildman–Crippen LogP) is 2.48. The number of rotatable bonds is 2.